The first-order valence-electron chi connectivity index (χ1n) is 10.9. The molecule has 4 heterocycles. The molecular weight excluding hydrogens is 408 g/mol. The van der Waals surface area contributed by atoms with Gasteiger partial charge >= 0.3 is 5.69 Å². The minimum Gasteiger partial charge on any atom is -0.381 e. The largest absolute Gasteiger partial charge is 0.381 e. The van der Waals surface area contributed by atoms with Crippen molar-refractivity contribution >= 4 is 33.7 Å². The van der Waals surface area contributed by atoms with E-state index >= 15 is 0 Å². The van der Waals surface area contributed by atoms with Gasteiger partial charge in [0.25, 0.3) is 0 Å². The zero-order chi connectivity index (χ0) is 21.7. The van der Waals surface area contributed by atoms with Crippen molar-refractivity contribution in [2.45, 2.75) is 44.2 Å². The quantitative estimate of drug-likeness (QED) is 0.481. The van der Waals surface area contributed by atoms with Crippen molar-refractivity contribution in [1.82, 2.24) is 29.1 Å². The van der Waals surface area contributed by atoms with Crippen LogP contribution in [0.15, 0.2) is 29.3 Å². The van der Waals surface area contributed by atoms with Crippen LogP contribution in [0.2, 0.25) is 0 Å². The molecule has 1 saturated heterocycles. The Kier molecular flexibility index (Phi) is 4.43. The van der Waals surface area contributed by atoms with E-state index in [9.17, 15) is 4.79 Å². The molecule has 10 nitrogen and oxygen atoms in total. The van der Waals surface area contributed by atoms with E-state index in [1.807, 2.05) is 6.07 Å². The van der Waals surface area contributed by atoms with Gasteiger partial charge in [0.1, 0.15) is 11.8 Å². The molecule has 10 heteroatoms. The maximum Gasteiger partial charge on any atom is 0.328 e. The number of hydrogen-bond acceptors (Lipinski definition) is 6. The summed E-state index contributed by atoms with van der Waals surface area (Å²) in [7, 11) is 0. The Morgan fingerprint density at radius 2 is 2.03 bits per heavy atom. The normalized spacial score (nSPS) is 17.5. The minimum atomic E-state index is -0.180. The van der Waals surface area contributed by atoms with Crippen LogP contribution in [-0.4, -0.2) is 48.3 Å². The number of H-pyrrole nitrogens is 1. The number of benzene rings is 1. The van der Waals surface area contributed by atoms with Gasteiger partial charge in [0.15, 0.2) is 17.2 Å². The standard InChI is InChI=1S/C22H22N8O2/c1-23-14-5-6-16-17(11-14)29(12-24-16)21-27-19(25-13-3-2-4-13)18-20(28-21)30(22(31)26-18)15-7-9-32-10-8-15/h5-6,11-13,15H,2-4,7-10H2,(H,26,31)(H,25,27,28). The summed E-state index contributed by atoms with van der Waals surface area (Å²) in [6.45, 7) is 8.59. The Balaban J connectivity index is 1.56. The van der Waals surface area contributed by atoms with E-state index < -0.39 is 0 Å². The van der Waals surface area contributed by atoms with E-state index in [1.165, 1.54) is 6.42 Å². The molecule has 2 N–H and O–H groups in total. The van der Waals surface area contributed by atoms with Crippen LogP contribution in [0, 0.1) is 6.57 Å². The summed E-state index contributed by atoms with van der Waals surface area (Å²) in [4.78, 5) is 33.5. The number of imidazole rings is 2. The third-order valence-corrected chi connectivity index (χ3v) is 6.43. The van der Waals surface area contributed by atoms with Gasteiger partial charge in [-0.05, 0) is 44.2 Å². The van der Waals surface area contributed by atoms with Crippen molar-refractivity contribution in [2.75, 3.05) is 18.5 Å². The van der Waals surface area contributed by atoms with E-state index in [0.29, 0.717) is 47.9 Å². The van der Waals surface area contributed by atoms with Crippen molar-refractivity contribution < 1.29 is 4.74 Å². The Bertz CT molecular complexity index is 1420. The van der Waals surface area contributed by atoms with Gasteiger partial charge in [0.2, 0.25) is 5.95 Å². The second-order valence-electron chi connectivity index (χ2n) is 8.39. The fraction of sp³-hybridized carbons (Fsp3) is 0.409. The first kappa shape index (κ1) is 19.0. The molecule has 0 atom stereocenters. The fourth-order valence-corrected chi connectivity index (χ4v) is 4.46. The molecule has 0 unspecified atom stereocenters. The number of nitrogens with zero attached hydrogens (tertiary/aromatic N) is 6. The lowest BCUT2D eigenvalue weighted by Gasteiger charge is -2.27. The second kappa shape index (κ2) is 7.46. The summed E-state index contributed by atoms with van der Waals surface area (Å²) >= 11 is 0. The van der Waals surface area contributed by atoms with Gasteiger partial charge in [-0.15, -0.1) is 0 Å². The average Bonchev–Trinajstić information content (AvgIpc) is 3.36. The monoisotopic (exact) mass is 430 g/mol. The van der Waals surface area contributed by atoms with Gasteiger partial charge in [0, 0.05) is 25.3 Å². The lowest BCUT2D eigenvalue weighted by atomic mass is 9.93. The van der Waals surface area contributed by atoms with Crippen LogP contribution in [0.3, 0.4) is 0 Å². The summed E-state index contributed by atoms with van der Waals surface area (Å²) in [5, 5.41) is 3.50. The SMILES string of the molecule is [C-]#[N+]c1ccc2ncn(-c3nc(NC4CCC4)c4[nH]c(=O)n(C5CCOCC5)c4n3)c2c1. The van der Waals surface area contributed by atoms with Gasteiger partial charge in [-0.1, -0.05) is 6.07 Å². The number of ether oxygens (including phenoxy) is 1. The van der Waals surface area contributed by atoms with Gasteiger partial charge in [-0.3, -0.25) is 9.13 Å². The number of anilines is 1. The van der Waals surface area contributed by atoms with Crippen LogP contribution in [-0.2, 0) is 4.74 Å². The lowest BCUT2D eigenvalue weighted by molar-refractivity contribution is 0.0697. The number of aromatic amines is 1. The molecule has 4 aromatic rings. The second-order valence-corrected chi connectivity index (χ2v) is 8.39. The first-order chi connectivity index (χ1) is 15.7. The zero-order valence-corrected chi connectivity index (χ0v) is 17.4. The maximum absolute atomic E-state index is 13.0. The molecule has 0 amide bonds. The third kappa shape index (κ3) is 3.05. The molecule has 0 bridgehead atoms. The number of rotatable bonds is 4. The van der Waals surface area contributed by atoms with Crippen molar-refractivity contribution in [3.8, 4) is 5.95 Å². The molecule has 32 heavy (non-hydrogen) atoms. The molecule has 6 rings (SSSR count). The molecule has 1 saturated carbocycles. The molecule has 1 aromatic carbocycles. The number of fused-ring (bicyclic) bond motifs is 2. The van der Waals surface area contributed by atoms with Crippen LogP contribution < -0.4 is 11.0 Å². The zero-order valence-electron chi connectivity index (χ0n) is 17.4. The molecule has 3 aromatic heterocycles. The molecule has 2 fully saturated rings. The van der Waals surface area contributed by atoms with Crippen LogP contribution in [0.4, 0.5) is 11.5 Å². The van der Waals surface area contributed by atoms with E-state index in [1.54, 1.807) is 27.6 Å². The summed E-state index contributed by atoms with van der Waals surface area (Å²) in [5.74, 6) is 1.05. The Labute approximate surface area is 183 Å². The highest BCUT2D eigenvalue weighted by Gasteiger charge is 2.26. The summed E-state index contributed by atoms with van der Waals surface area (Å²) in [6.07, 6.45) is 6.53. The predicted octanol–water partition coefficient (Wildman–Crippen LogP) is 3.33. The van der Waals surface area contributed by atoms with E-state index in [0.717, 1.165) is 36.7 Å². The summed E-state index contributed by atoms with van der Waals surface area (Å²) in [5.41, 5.74) is 3.06. The average molecular weight is 430 g/mol. The van der Waals surface area contributed by atoms with E-state index in [2.05, 4.69) is 20.1 Å². The van der Waals surface area contributed by atoms with Gasteiger partial charge in [0.05, 0.1) is 17.6 Å². The highest BCUT2D eigenvalue weighted by molar-refractivity contribution is 5.85. The fourth-order valence-electron chi connectivity index (χ4n) is 4.46. The Hall–Kier alpha value is -3.71. The summed E-state index contributed by atoms with van der Waals surface area (Å²) < 4.78 is 9.02. The maximum atomic E-state index is 13.0. The molecule has 1 aliphatic carbocycles. The van der Waals surface area contributed by atoms with Gasteiger partial charge in [-0.2, -0.15) is 9.97 Å². The lowest BCUT2D eigenvalue weighted by Crippen LogP contribution is -2.28. The Morgan fingerprint density at radius 1 is 1.19 bits per heavy atom. The molecular formula is C22H22N8O2. The van der Waals surface area contributed by atoms with Crippen molar-refractivity contribution in [3.05, 3.63) is 46.4 Å². The van der Waals surface area contributed by atoms with Gasteiger partial charge in [-0.25, -0.2) is 14.6 Å². The molecule has 162 valence electrons. The summed E-state index contributed by atoms with van der Waals surface area (Å²) in [6, 6.07) is 5.71. The van der Waals surface area contributed by atoms with Crippen LogP contribution in [0.25, 0.3) is 33.0 Å². The van der Waals surface area contributed by atoms with Crippen molar-refractivity contribution in [2.24, 2.45) is 0 Å². The number of nitrogens with one attached hydrogen (secondary N) is 2. The van der Waals surface area contributed by atoms with Gasteiger partial charge < -0.3 is 15.0 Å². The first-order valence-corrected chi connectivity index (χ1v) is 10.9. The van der Waals surface area contributed by atoms with Crippen LogP contribution >= 0.6 is 0 Å². The molecule has 1 aliphatic heterocycles. The highest BCUT2D eigenvalue weighted by atomic mass is 16.5. The molecule has 0 radical (unpaired) electrons. The van der Waals surface area contributed by atoms with Crippen LogP contribution in [0.1, 0.15) is 38.1 Å². The topological polar surface area (TPSA) is 107 Å². The highest BCUT2D eigenvalue weighted by Crippen LogP contribution is 2.30. The molecule has 2 aliphatic rings. The smallest absolute Gasteiger partial charge is 0.328 e. The molecule has 0 spiro atoms. The van der Waals surface area contributed by atoms with Crippen molar-refractivity contribution in [1.29, 1.82) is 0 Å². The van der Waals surface area contributed by atoms with Crippen molar-refractivity contribution in [3.63, 3.8) is 0 Å². The minimum absolute atomic E-state index is 0.0255. The van der Waals surface area contributed by atoms with E-state index in [-0.39, 0.29) is 11.7 Å². The number of aromatic nitrogens is 6. The predicted molar refractivity (Wildman–Crippen MR) is 119 cm³/mol. The number of hydrogen-bond donors (Lipinski definition) is 2. The van der Waals surface area contributed by atoms with Crippen LogP contribution in [0.5, 0.6) is 0 Å². The Morgan fingerprint density at radius 3 is 2.78 bits per heavy atom. The van der Waals surface area contributed by atoms with E-state index in [4.69, 9.17) is 21.3 Å². The third-order valence-electron chi connectivity index (χ3n) is 6.43.